The van der Waals surface area contributed by atoms with E-state index in [4.69, 9.17) is 0 Å². The lowest BCUT2D eigenvalue weighted by molar-refractivity contribution is -0.116. The molecular weight excluding hydrogens is 384 g/mol. The molecule has 0 fully saturated rings. The maximum absolute atomic E-state index is 12.5. The lowest BCUT2D eigenvalue weighted by atomic mass is 10.2. The molecule has 142 valence electrons. The molecule has 0 radical (unpaired) electrons. The van der Waals surface area contributed by atoms with Crippen LogP contribution >= 0.6 is 0 Å². The summed E-state index contributed by atoms with van der Waals surface area (Å²) in [7, 11) is -4.08. The van der Waals surface area contributed by atoms with Crippen LogP contribution in [0.2, 0.25) is 0 Å². The minimum atomic E-state index is -4.08. The van der Waals surface area contributed by atoms with E-state index in [0.29, 0.717) is 9.99 Å². The molecule has 2 aromatic carbocycles. The van der Waals surface area contributed by atoms with E-state index in [1.165, 1.54) is 28.9 Å². The largest absolute Gasteiger partial charge is 0.309 e. The summed E-state index contributed by atoms with van der Waals surface area (Å²) < 4.78 is 26.7. The number of aromatic amines is 1. The van der Waals surface area contributed by atoms with E-state index in [1.54, 1.807) is 36.4 Å². The number of aromatic nitrogens is 2. The summed E-state index contributed by atoms with van der Waals surface area (Å²) >= 11 is 0. The van der Waals surface area contributed by atoms with Gasteiger partial charge in [0.05, 0.1) is 11.3 Å². The predicted octanol–water partition coefficient (Wildman–Crippen LogP) is 0.949. The number of amides is 2. The molecule has 4 rings (SSSR count). The van der Waals surface area contributed by atoms with Gasteiger partial charge in [-0.25, -0.2) is 17.4 Å². The van der Waals surface area contributed by atoms with Gasteiger partial charge in [-0.2, -0.15) is 0 Å². The third-order valence-corrected chi connectivity index (χ3v) is 6.00. The fraction of sp³-hybridized carbons (Fsp3) is 0.0556. The van der Waals surface area contributed by atoms with E-state index in [-0.39, 0.29) is 16.3 Å². The van der Waals surface area contributed by atoms with Crippen molar-refractivity contribution >= 4 is 27.7 Å². The van der Waals surface area contributed by atoms with Crippen molar-refractivity contribution in [3.05, 3.63) is 76.6 Å². The molecule has 2 N–H and O–H groups in total. The first-order valence-electron chi connectivity index (χ1n) is 8.21. The van der Waals surface area contributed by atoms with Gasteiger partial charge in [0.2, 0.25) is 5.91 Å². The number of anilines is 1. The Morgan fingerprint density at radius 1 is 1.00 bits per heavy atom. The van der Waals surface area contributed by atoms with Crippen LogP contribution in [0, 0.1) is 0 Å². The summed E-state index contributed by atoms with van der Waals surface area (Å²) in [6.45, 7) is -0.700. The van der Waals surface area contributed by atoms with Crippen LogP contribution in [0.4, 0.5) is 5.82 Å². The van der Waals surface area contributed by atoms with Crippen molar-refractivity contribution in [2.24, 2.45) is 0 Å². The minimum absolute atomic E-state index is 0.0268. The SMILES string of the molecule is O=C(CN1C(=O)c2ccccc2S1(=O)=O)Nc1cc(=O)n(-c2ccccc2)[nH]1. The van der Waals surface area contributed by atoms with Crippen LogP contribution in [0.5, 0.6) is 0 Å². The number of rotatable bonds is 4. The Hall–Kier alpha value is -3.66. The Morgan fingerprint density at radius 2 is 1.68 bits per heavy atom. The highest BCUT2D eigenvalue weighted by Crippen LogP contribution is 2.29. The maximum atomic E-state index is 12.5. The second kappa shape index (κ2) is 6.50. The van der Waals surface area contributed by atoms with Crippen molar-refractivity contribution in [3.63, 3.8) is 0 Å². The molecule has 10 heteroatoms. The van der Waals surface area contributed by atoms with Gasteiger partial charge in [-0.3, -0.25) is 19.5 Å². The van der Waals surface area contributed by atoms with E-state index in [1.807, 2.05) is 0 Å². The van der Waals surface area contributed by atoms with Crippen LogP contribution in [0.15, 0.2) is 70.4 Å². The molecule has 9 nitrogen and oxygen atoms in total. The summed E-state index contributed by atoms with van der Waals surface area (Å²) in [5.41, 5.74) is 0.193. The van der Waals surface area contributed by atoms with Gasteiger partial charge < -0.3 is 5.32 Å². The molecule has 0 spiro atoms. The number of para-hydroxylation sites is 1. The summed E-state index contributed by atoms with van der Waals surface area (Å²) in [6.07, 6.45) is 0. The summed E-state index contributed by atoms with van der Waals surface area (Å²) in [5.74, 6) is -1.44. The zero-order chi connectivity index (χ0) is 19.9. The molecule has 1 aromatic heterocycles. The first kappa shape index (κ1) is 17.7. The van der Waals surface area contributed by atoms with Gasteiger partial charge in [-0.1, -0.05) is 30.3 Å². The molecule has 0 bridgehead atoms. The van der Waals surface area contributed by atoms with Crippen LogP contribution in [0.3, 0.4) is 0 Å². The number of carbonyl (C=O) groups is 2. The highest BCUT2D eigenvalue weighted by atomic mass is 32.2. The maximum Gasteiger partial charge on any atom is 0.273 e. The smallest absolute Gasteiger partial charge is 0.273 e. The molecule has 2 heterocycles. The number of hydrogen-bond acceptors (Lipinski definition) is 5. The second-order valence-corrected chi connectivity index (χ2v) is 7.87. The summed E-state index contributed by atoms with van der Waals surface area (Å²) in [4.78, 5) is 36.6. The zero-order valence-electron chi connectivity index (χ0n) is 14.3. The van der Waals surface area contributed by atoms with Crippen molar-refractivity contribution in [3.8, 4) is 5.69 Å². The van der Waals surface area contributed by atoms with Crippen molar-refractivity contribution in [1.82, 2.24) is 14.1 Å². The van der Waals surface area contributed by atoms with E-state index < -0.39 is 33.9 Å². The van der Waals surface area contributed by atoms with Gasteiger partial charge in [0.25, 0.3) is 21.5 Å². The first-order chi connectivity index (χ1) is 13.4. The standard InChI is InChI=1S/C18H14N4O5S/c23-16(11-21-18(25)13-8-4-5-9-14(13)28(21,26)27)19-15-10-17(24)22(20-15)12-6-2-1-3-7-12/h1-10,20H,11H2,(H,19,23). The van der Waals surface area contributed by atoms with Crippen molar-refractivity contribution in [1.29, 1.82) is 0 Å². The second-order valence-electron chi connectivity index (χ2n) is 6.04. The molecule has 1 aliphatic rings. The van der Waals surface area contributed by atoms with Gasteiger partial charge in [0.15, 0.2) is 0 Å². The fourth-order valence-corrected chi connectivity index (χ4v) is 4.46. The number of fused-ring (bicyclic) bond motifs is 1. The Morgan fingerprint density at radius 3 is 2.39 bits per heavy atom. The molecule has 28 heavy (non-hydrogen) atoms. The van der Waals surface area contributed by atoms with Gasteiger partial charge in [-0.05, 0) is 24.3 Å². The first-order valence-corrected chi connectivity index (χ1v) is 9.65. The van der Waals surface area contributed by atoms with Crippen molar-refractivity contribution < 1.29 is 18.0 Å². The fourth-order valence-electron chi connectivity index (χ4n) is 2.94. The molecule has 0 saturated carbocycles. The minimum Gasteiger partial charge on any atom is -0.309 e. The number of nitrogens with one attached hydrogen (secondary N) is 2. The van der Waals surface area contributed by atoms with Gasteiger partial charge in [-0.15, -0.1) is 0 Å². The topological polar surface area (TPSA) is 121 Å². The Labute approximate surface area is 159 Å². The highest BCUT2D eigenvalue weighted by molar-refractivity contribution is 7.90. The molecule has 0 unspecified atom stereocenters. The molecule has 1 aliphatic heterocycles. The van der Waals surface area contributed by atoms with Gasteiger partial charge in [0.1, 0.15) is 17.3 Å². The molecule has 0 saturated heterocycles. The van der Waals surface area contributed by atoms with Crippen molar-refractivity contribution in [2.45, 2.75) is 4.90 Å². The number of benzene rings is 2. The Balaban J connectivity index is 1.54. The predicted molar refractivity (Wildman–Crippen MR) is 99.7 cm³/mol. The number of sulfonamides is 1. The highest BCUT2D eigenvalue weighted by Gasteiger charge is 2.41. The molecular formula is C18H14N4O5S. The summed E-state index contributed by atoms with van der Waals surface area (Å²) in [5, 5.41) is 5.13. The third-order valence-electron chi connectivity index (χ3n) is 4.21. The monoisotopic (exact) mass is 398 g/mol. The van der Waals surface area contributed by atoms with E-state index in [9.17, 15) is 22.8 Å². The zero-order valence-corrected chi connectivity index (χ0v) is 15.1. The average Bonchev–Trinajstić information content (AvgIpc) is 3.13. The van der Waals surface area contributed by atoms with Gasteiger partial charge in [0, 0.05) is 6.07 Å². The lowest BCUT2D eigenvalue weighted by Gasteiger charge is -2.14. The third kappa shape index (κ3) is 2.89. The van der Waals surface area contributed by atoms with Crippen LogP contribution in [-0.2, 0) is 14.8 Å². The van der Waals surface area contributed by atoms with Crippen LogP contribution in [-0.4, -0.2) is 40.9 Å². The molecule has 0 atom stereocenters. The lowest BCUT2D eigenvalue weighted by Crippen LogP contribution is -2.37. The number of H-pyrrole nitrogens is 1. The molecule has 3 aromatic rings. The number of nitrogens with zero attached hydrogens (tertiary/aromatic N) is 2. The van der Waals surface area contributed by atoms with E-state index in [2.05, 4.69) is 10.4 Å². The van der Waals surface area contributed by atoms with E-state index in [0.717, 1.165) is 0 Å². The average molecular weight is 398 g/mol. The van der Waals surface area contributed by atoms with E-state index >= 15 is 0 Å². The van der Waals surface area contributed by atoms with Crippen LogP contribution in [0.1, 0.15) is 10.4 Å². The molecule has 2 amide bonds. The number of hydrogen-bond donors (Lipinski definition) is 2. The molecule has 0 aliphatic carbocycles. The Bertz CT molecular complexity index is 1240. The quantitative estimate of drug-likeness (QED) is 0.678. The summed E-state index contributed by atoms with van der Waals surface area (Å²) in [6, 6.07) is 15.6. The van der Waals surface area contributed by atoms with Crippen molar-refractivity contribution in [2.75, 3.05) is 11.9 Å². The van der Waals surface area contributed by atoms with Crippen LogP contribution < -0.4 is 10.9 Å². The Kier molecular flexibility index (Phi) is 4.12. The van der Waals surface area contributed by atoms with Crippen LogP contribution in [0.25, 0.3) is 5.69 Å². The number of carbonyl (C=O) groups excluding carboxylic acids is 2. The normalized spacial score (nSPS) is 14.7. The van der Waals surface area contributed by atoms with Gasteiger partial charge >= 0.3 is 0 Å².